The Morgan fingerprint density at radius 3 is 3.12 bits per heavy atom. The van der Waals surface area contributed by atoms with Crippen molar-refractivity contribution in [2.75, 3.05) is 0 Å². The second-order valence-electron chi connectivity index (χ2n) is 3.92. The van der Waals surface area contributed by atoms with E-state index < -0.39 is 13.1 Å². The van der Waals surface area contributed by atoms with Crippen LogP contribution >= 0.6 is 0 Å². The Balaban J connectivity index is 2.12. The Bertz CT molecular complexity index is 456. The average Bonchev–Trinajstić information content (AvgIpc) is 2.67. The normalized spacial score (nSPS) is 14.3. The van der Waals surface area contributed by atoms with Crippen molar-refractivity contribution in [1.29, 1.82) is 0 Å². The van der Waals surface area contributed by atoms with Gasteiger partial charge in [-0.1, -0.05) is 30.4 Å². The summed E-state index contributed by atoms with van der Waals surface area (Å²) in [5.74, 6) is -0.809. The molecule has 5 heteroatoms. The highest BCUT2D eigenvalue weighted by molar-refractivity contribution is 6.62. The van der Waals surface area contributed by atoms with Gasteiger partial charge in [-0.05, 0) is 23.0 Å². The molecule has 0 radical (unpaired) electrons. The minimum absolute atomic E-state index is 0.116. The van der Waals surface area contributed by atoms with Gasteiger partial charge >= 0.3 is 13.1 Å². The number of benzene rings is 1. The maximum atomic E-state index is 10.4. The van der Waals surface area contributed by atoms with Crippen molar-refractivity contribution in [3.8, 4) is 0 Å². The number of carboxylic acid groups (broad SMARTS) is 1. The minimum atomic E-state index is -0.870. The molecule has 0 saturated carbocycles. The zero-order valence-corrected chi connectivity index (χ0v) is 9.30. The topological polar surface area (TPSA) is 66.8 Å². The number of allylic oxidation sites excluding steroid dienone is 1. The van der Waals surface area contributed by atoms with E-state index in [2.05, 4.69) is 0 Å². The fourth-order valence-corrected chi connectivity index (χ4v) is 1.87. The lowest BCUT2D eigenvalue weighted by molar-refractivity contribution is -0.136. The molecule has 0 unspecified atom stereocenters. The summed E-state index contributed by atoms with van der Waals surface area (Å²) in [6.07, 6.45) is 4.23. The molecule has 0 saturated heterocycles. The van der Waals surface area contributed by atoms with Crippen molar-refractivity contribution < 1.29 is 19.6 Å². The fraction of sp³-hybridized carbons (Fsp3) is 0.250. The third-order valence-electron chi connectivity index (χ3n) is 2.70. The van der Waals surface area contributed by atoms with Gasteiger partial charge in [0.1, 0.15) is 0 Å². The van der Waals surface area contributed by atoms with Crippen LogP contribution in [-0.4, -0.2) is 23.2 Å². The van der Waals surface area contributed by atoms with E-state index in [4.69, 9.17) is 9.76 Å². The molecule has 0 spiro atoms. The van der Waals surface area contributed by atoms with Crippen LogP contribution in [0.1, 0.15) is 24.0 Å². The minimum Gasteiger partial charge on any atom is -0.481 e. The van der Waals surface area contributed by atoms with E-state index in [1.165, 1.54) is 0 Å². The number of fused-ring (bicyclic) bond motifs is 1. The number of carboxylic acids is 1. The smallest absolute Gasteiger partial charge is 0.481 e. The van der Waals surface area contributed by atoms with Crippen LogP contribution in [0.4, 0.5) is 0 Å². The van der Waals surface area contributed by atoms with Gasteiger partial charge in [0.15, 0.2) is 0 Å². The molecular weight excluding hydrogens is 219 g/mol. The lowest BCUT2D eigenvalue weighted by atomic mass is 9.76. The third-order valence-corrected chi connectivity index (χ3v) is 2.70. The van der Waals surface area contributed by atoms with Crippen LogP contribution < -0.4 is 5.46 Å². The monoisotopic (exact) mass is 232 g/mol. The van der Waals surface area contributed by atoms with E-state index in [9.17, 15) is 9.82 Å². The highest BCUT2D eigenvalue weighted by Gasteiger charge is 2.28. The lowest BCUT2D eigenvalue weighted by Crippen LogP contribution is -2.30. The molecule has 1 heterocycles. The SMILES string of the molecule is O=C(O)CCC=Cc1cccc2c1B(O)OC2. The second kappa shape index (κ2) is 5.16. The molecule has 0 bridgehead atoms. The molecule has 0 fully saturated rings. The van der Waals surface area contributed by atoms with Crippen molar-refractivity contribution in [3.05, 3.63) is 35.4 Å². The maximum absolute atomic E-state index is 10.4. The Hall–Kier alpha value is -1.59. The summed E-state index contributed by atoms with van der Waals surface area (Å²) < 4.78 is 5.14. The van der Waals surface area contributed by atoms with Crippen molar-refractivity contribution >= 4 is 24.6 Å². The van der Waals surface area contributed by atoms with Gasteiger partial charge in [0.25, 0.3) is 0 Å². The predicted molar refractivity (Wildman–Crippen MR) is 64.7 cm³/mol. The summed E-state index contributed by atoms with van der Waals surface area (Å²) in [6, 6.07) is 5.70. The van der Waals surface area contributed by atoms with Gasteiger partial charge in [-0.3, -0.25) is 4.79 Å². The van der Waals surface area contributed by atoms with Gasteiger partial charge < -0.3 is 14.8 Å². The Labute approximate surface area is 99.7 Å². The van der Waals surface area contributed by atoms with Gasteiger partial charge in [0.05, 0.1) is 6.61 Å². The first kappa shape index (κ1) is 11.9. The van der Waals surface area contributed by atoms with Crippen molar-refractivity contribution in [2.24, 2.45) is 0 Å². The molecular formula is C12H13BO4. The Morgan fingerprint density at radius 1 is 1.53 bits per heavy atom. The van der Waals surface area contributed by atoms with E-state index in [1.807, 2.05) is 24.3 Å². The van der Waals surface area contributed by atoms with Crippen LogP contribution in [0.5, 0.6) is 0 Å². The fourth-order valence-electron chi connectivity index (χ4n) is 1.87. The van der Waals surface area contributed by atoms with Crippen LogP contribution in [0.25, 0.3) is 6.08 Å². The molecule has 17 heavy (non-hydrogen) atoms. The summed E-state index contributed by atoms with van der Waals surface area (Å²) in [5, 5.41) is 18.2. The molecule has 1 aliphatic rings. The summed E-state index contributed by atoms with van der Waals surface area (Å²) in [4.78, 5) is 10.4. The molecule has 1 aliphatic heterocycles. The zero-order valence-electron chi connectivity index (χ0n) is 9.30. The maximum Gasteiger partial charge on any atom is 0.492 e. The molecule has 1 aromatic rings. The molecule has 1 aromatic carbocycles. The largest absolute Gasteiger partial charge is 0.492 e. The molecule has 4 nitrogen and oxygen atoms in total. The van der Waals surface area contributed by atoms with Gasteiger partial charge in [-0.15, -0.1) is 0 Å². The summed E-state index contributed by atoms with van der Waals surface area (Å²) >= 11 is 0. The van der Waals surface area contributed by atoms with Crippen LogP contribution in [-0.2, 0) is 16.1 Å². The van der Waals surface area contributed by atoms with Crippen molar-refractivity contribution in [2.45, 2.75) is 19.4 Å². The first-order valence-corrected chi connectivity index (χ1v) is 5.48. The average molecular weight is 232 g/mol. The molecule has 88 valence electrons. The van der Waals surface area contributed by atoms with E-state index in [0.717, 1.165) is 16.6 Å². The number of carbonyl (C=O) groups is 1. The van der Waals surface area contributed by atoms with E-state index in [0.29, 0.717) is 13.0 Å². The van der Waals surface area contributed by atoms with Crippen molar-refractivity contribution in [3.63, 3.8) is 0 Å². The Morgan fingerprint density at radius 2 is 2.35 bits per heavy atom. The molecule has 0 aliphatic carbocycles. The quantitative estimate of drug-likeness (QED) is 0.753. The van der Waals surface area contributed by atoms with Crippen LogP contribution in [0, 0.1) is 0 Å². The Kier molecular flexibility index (Phi) is 3.61. The van der Waals surface area contributed by atoms with Crippen LogP contribution in [0.3, 0.4) is 0 Å². The first-order chi connectivity index (χ1) is 8.18. The van der Waals surface area contributed by atoms with E-state index in [1.54, 1.807) is 6.08 Å². The molecule has 2 N–H and O–H groups in total. The number of aliphatic carboxylic acids is 1. The first-order valence-electron chi connectivity index (χ1n) is 5.48. The highest BCUT2D eigenvalue weighted by Crippen LogP contribution is 2.14. The molecule has 0 amide bonds. The van der Waals surface area contributed by atoms with Gasteiger partial charge in [0, 0.05) is 6.42 Å². The molecule has 0 atom stereocenters. The summed E-state index contributed by atoms with van der Waals surface area (Å²) in [5.41, 5.74) is 2.66. The van der Waals surface area contributed by atoms with Crippen LogP contribution in [0.2, 0.25) is 0 Å². The van der Waals surface area contributed by atoms with Gasteiger partial charge in [-0.2, -0.15) is 0 Å². The van der Waals surface area contributed by atoms with Crippen molar-refractivity contribution in [1.82, 2.24) is 0 Å². The second-order valence-corrected chi connectivity index (χ2v) is 3.92. The number of rotatable bonds is 4. The summed E-state index contributed by atoms with van der Waals surface area (Å²) in [7, 11) is -0.870. The standard InChI is InChI=1S/C12H13BO4/c14-11(15)7-2-1-4-9-5-3-6-10-8-17-13(16)12(9)10/h1,3-6,16H,2,7-8H2,(H,14,15). The van der Waals surface area contributed by atoms with Crippen LogP contribution in [0.15, 0.2) is 24.3 Å². The third kappa shape index (κ3) is 2.75. The number of hydrogen-bond donors (Lipinski definition) is 2. The zero-order chi connectivity index (χ0) is 12.3. The van der Waals surface area contributed by atoms with Gasteiger partial charge in [0.2, 0.25) is 0 Å². The highest BCUT2D eigenvalue weighted by atomic mass is 16.5. The van der Waals surface area contributed by atoms with E-state index in [-0.39, 0.29) is 6.42 Å². The predicted octanol–water partition coefficient (Wildman–Crippen LogP) is 0.782. The number of hydrogen-bond acceptors (Lipinski definition) is 3. The van der Waals surface area contributed by atoms with Gasteiger partial charge in [-0.25, -0.2) is 0 Å². The van der Waals surface area contributed by atoms with E-state index >= 15 is 0 Å². The summed E-state index contributed by atoms with van der Waals surface area (Å²) in [6.45, 7) is 0.424. The molecule has 0 aromatic heterocycles. The lowest BCUT2D eigenvalue weighted by Gasteiger charge is -2.03. The molecule has 2 rings (SSSR count).